The molecule has 1 nitrogen and oxygen atoms in total. The number of hydrogen-bond donors (Lipinski definition) is 1. The van der Waals surface area contributed by atoms with E-state index in [9.17, 15) is 4.39 Å². The summed E-state index contributed by atoms with van der Waals surface area (Å²) < 4.78 is 12.9. The van der Waals surface area contributed by atoms with E-state index in [2.05, 4.69) is 12.2 Å². The van der Waals surface area contributed by atoms with Gasteiger partial charge in [0.1, 0.15) is 5.82 Å². The monoisotopic (exact) mass is 221 g/mol. The van der Waals surface area contributed by atoms with Gasteiger partial charge in [0.2, 0.25) is 0 Å². The maximum atomic E-state index is 12.9. The summed E-state index contributed by atoms with van der Waals surface area (Å²) in [4.78, 5) is 0. The van der Waals surface area contributed by atoms with Crippen LogP contribution in [-0.2, 0) is 0 Å². The molecule has 0 spiro atoms. The van der Waals surface area contributed by atoms with Gasteiger partial charge in [-0.05, 0) is 61.9 Å². The molecule has 2 heteroatoms. The van der Waals surface area contributed by atoms with Crippen LogP contribution < -0.4 is 5.32 Å². The summed E-state index contributed by atoms with van der Waals surface area (Å²) >= 11 is 0. The molecule has 0 bridgehead atoms. The van der Waals surface area contributed by atoms with Crippen LogP contribution in [0.2, 0.25) is 0 Å². The average molecular weight is 221 g/mol. The lowest BCUT2D eigenvalue weighted by molar-refractivity contribution is 0.316. The van der Waals surface area contributed by atoms with Crippen molar-refractivity contribution in [2.24, 2.45) is 5.92 Å². The summed E-state index contributed by atoms with van der Waals surface area (Å²) in [6, 6.07) is 7.04. The predicted molar refractivity (Wildman–Crippen MR) is 65.0 cm³/mol. The third kappa shape index (κ3) is 2.62. The van der Waals surface area contributed by atoms with Crippen molar-refractivity contribution >= 4 is 0 Å². The van der Waals surface area contributed by atoms with Crippen molar-refractivity contribution in [2.45, 2.75) is 32.1 Å². The summed E-state index contributed by atoms with van der Waals surface area (Å²) in [7, 11) is 0. The number of benzene rings is 1. The van der Waals surface area contributed by atoms with Crippen molar-refractivity contribution in [3.05, 3.63) is 35.6 Å². The molecule has 88 valence electrons. The molecule has 1 N–H and O–H groups in total. The van der Waals surface area contributed by atoms with Gasteiger partial charge in [-0.1, -0.05) is 19.1 Å². The van der Waals surface area contributed by atoms with E-state index < -0.39 is 0 Å². The fourth-order valence-corrected chi connectivity index (χ4v) is 2.77. The predicted octanol–water partition coefficient (Wildman–Crippen LogP) is 3.32. The van der Waals surface area contributed by atoms with Gasteiger partial charge in [0.05, 0.1) is 0 Å². The van der Waals surface area contributed by atoms with Crippen LogP contribution in [0.3, 0.4) is 0 Å². The van der Waals surface area contributed by atoms with Gasteiger partial charge in [0.15, 0.2) is 0 Å². The van der Waals surface area contributed by atoms with E-state index in [1.54, 1.807) is 12.1 Å². The van der Waals surface area contributed by atoms with Gasteiger partial charge in [0, 0.05) is 0 Å². The Bertz CT molecular complexity index is 314. The first-order chi connectivity index (χ1) is 7.81. The minimum Gasteiger partial charge on any atom is -0.316 e. The zero-order chi connectivity index (χ0) is 11.4. The molecule has 1 aromatic carbocycles. The van der Waals surface area contributed by atoms with Crippen LogP contribution in [0.4, 0.5) is 4.39 Å². The highest BCUT2D eigenvalue weighted by Gasteiger charge is 2.23. The molecule has 2 unspecified atom stereocenters. The molecule has 0 saturated carbocycles. The summed E-state index contributed by atoms with van der Waals surface area (Å²) in [5.74, 6) is 1.15. The minimum atomic E-state index is -0.139. The van der Waals surface area contributed by atoms with Crippen LogP contribution in [0.1, 0.15) is 37.7 Å². The second kappa shape index (κ2) is 5.44. The summed E-state index contributed by atoms with van der Waals surface area (Å²) in [6.45, 7) is 4.48. The summed E-state index contributed by atoms with van der Waals surface area (Å²) in [6.07, 6.45) is 3.70. The van der Waals surface area contributed by atoms with Crippen molar-refractivity contribution in [3.8, 4) is 0 Å². The van der Waals surface area contributed by atoms with Crippen molar-refractivity contribution < 1.29 is 4.39 Å². The molecule has 1 aliphatic heterocycles. The third-order valence-corrected chi connectivity index (χ3v) is 3.64. The molecule has 0 amide bonds. The van der Waals surface area contributed by atoms with Crippen molar-refractivity contribution in [3.63, 3.8) is 0 Å². The van der Waals surface area contributed by atoms with E-state index in [-0.39, 0.29) is 5.82 Å². The zero-order valence-corrected chi connectivity index (χ0v) is 9.88. The topological polar surface area (TPSA) is 12.0 Å². The van der Waals surface area contributed by atoms with Crippen LogP contribution in [-0.4, -0.2) is 13.1 Å². The molecule has 1 heterocycles. The first kappa shape index (κ1) is 11.6. The van der Waals surface area contributed by atoms with E-state index in [1.165, 1.54) is 18.4 Å². The van der Waals surface area contributed by atoms with Crippen LogP contribution >= 0.6 is 0 Å². The largest absolute Gasteiger partial charge is 0.316 e. The zero-order valence-electron chi connectivity index (χ0n) is 9.88. The molecule has 2 atom stereocenters. The van der Waals surface area contributed by atoms with Gasteiger partial charge in [-0.15, -0.1) is 0 Å². The molecule has 2 rings (SSSR count). The van der Waals surface area contributed by atoms with Crippen molar-refractivity contribution in [2.75, 3.05) is 13.1 Å². The maximum absolute atomic E-state index is 12.9. The van der Waals surface area contributed by atoms with Crippen LogP contribution in [0.5, 0.6) is 0 Å². The van der Waals surface area contributed by atoms with Gasteiger partial charge < -0.3 is 5.32 Å². The van der Waals surface area contributed by atoms with Crippen molar-refractivity contribution in [1.82, 2.24) is 5.32 Å². The lowest BCUT2D eigenvalue weighted by Gasteiger charge is -2.30. The summed E-state index contributed by atoms with van der Waals surface area (Å²) in [5, 5.41) is 3.46. The average Bonchev–Trinajstić information content (AvgIpc) is 2.34. The molecule has 1 aromatic rings. The first-order valence-corrected chi connectivity index (χ1v) is 6.27. The molecular formula is C14H20FN. The Morgan fingerprint density at radius 3 is 2.69 bits per heavy atom. The minimum absolute atomic E-state index is 0.139. The Morgan fingerprint density at radius 1 is 1.38 bits per heavy atom. The molecule has 1 fully saturated rings. The third-order valence-electron chi connectivity index (χ3n) is 3.64. The molecule has 16 heavy (non-hydrogen) atoms. The van der Waals surface area contributed by atoms with Gasteiger partial charge in [-0.2, -0.15) is 0 Å². The highest BCUT2D eigenvalue weighted by molar-refractivity contribution is 5.21. The van der Waals surface area contributed by atoms with E-state index in [0.717, 1.165) is 19.5 Å². The number of piperidine rings is 1. The van der Waals surface area contributed by atoms with E-state index in [1.807, 2.05) is 12.1 Å². The Morgan fingerprint density at radius 2 is 2.12 bits per heavy atom. The Hall–Kier alpha value is -0.890. The standard InChI is InChI=1S/C14H20FN/c1-2-14(12-4-3-9-16-10-12)11-5-7-13(15)8-6-11/h5-8,12,14,16H,2-4,9-10H2,1H3. The quantitative estimate of drug-likeness (QED) is 0.825. The number of rotatable bonds is 3. The highest BCUT2D eigenvalue weighted by Crippen LogP contribution is 2.32. The maximum Gasteiger partial charge on any atom is 0.123 e. The number of hydrogen-bond acceptors (Lipinski definition) is 1. The van der Waals surface area contributed by atoms with E-state index in [4.69, 9.17) is 0 Å². The molecule has 0 aromatic heterocycles. The Balaban J connectivity index is 2.11. The van der Waals surface area contributed by atoms with Gasteiger partial charge in [-0.25, -0.2) is 4.39 Å². The van der Waals surface area contributed by atoms with Gasteiger partial charge in [0.25, 0.3) is 0 Å². The fourth-order valence-electron chi connectivity index (χ4n) is 2.77. The Kier molecular flexibility index (Phi) is 3.94. The van der Waals surface area contributed by atoms with Crippen LogP contribution in [0.15, 0.2) is 24.3 Å². The SMILES string of the molecule is CCC(c1ccc(F)cc1)C1CCCNC1. The number of halogens is 1. The molecule has 1 saturated heterocycles. The normalized spacial score (nSPS) is 23.0. The molecule has 0 radical (unpaired) electrons. The molecular weight excluding hydrogens is 201 g/mol. The van der Waals surface area contributed by atoms with Gasteiger partial charge in [-0.3, -0.25) is 0 Å². The smallest absolute Gasteiger partial charge is 0.123 e. The lowest BCUT2D eigenvalue weighted by Crippen LogP contribution is -2.33. The van der Waals surface area contributed by atoms with Crippen LogP contribution in [0.25, 0.3) is 0 Å². The highest BCUT2D eigenvalue weighted by atomic mass is 19.1. The van der Waals surface area contributed by atoms with E-state index in [0.29, 0.717) is 11.8 Å². The van der Waals surface area contributed by atoms with Crippen molar-refractivity contribution in [1.29, 1.82) is 0 Å². The second-order valence-electron chi connectivity index (χ2n) is 4.67. The van der Waals surface area contributed by atoms with E-state index >= 15 is 0 Å². The molecule has 0 aliphatic carbocycles. The fraction of sp³-hybridized carbons (Fsp3) is 0.571. The summed E-state index contributed by atoms with van der Waals surface area (Å²) in [5.41, 5.74) is 1.29. The molecule has 1 aliphatic rings. The Labute approximate surface area is 97.1 Å². The van der Waals surface area contributed by atoms with Crippen LogP contribution in [0, 0.1) is 11.7 Å². The lowest BCUT2D eigenvalue weighted by atomic mass is 9.80. The first-order valence-electron chi connectivity index (χ1n) is 6.27. The van der Waals surface area contributed by atoms with Gasteiger partial charge >= 0.3 is 0 Å². The second-order valence-corrected chi connectivity index (χ2v) is 4.67. The number of nitrogens with one attached hydrogen (secondary N) is 1.